The number of morpholine rings is 1. The van der Waals surface area contributed by atoms with Gasteiger partial charge in [-0.1, -0.05) is 12.1 Å². The van der Waals surface area contributed by atoms with Crippen LogP contribution in [0, 0.1) is 11.3 Å². The Balaban J connectivity index is 1.47. The van der Waals surface area contributed by atoms with E-state index < -0.39 is 0 Å². The lowest BCUT2D eigenvalue weighted by Crippen LogP contribution is -2.54. The molecule has 2 fully saturated rings. The van der Waals surface area contributed by atoms with Crippen molar-refractivity contribution in [3.63, 3.8) is 0 Å². The first-order valence-electron chi connectivity index (χ1n) is 8.09. The van der Waals surface area contributed by atoms with Gasteiger partial charge in [-0.2, -0.15) is 5.26 Å². The summed E-state index contributed by atoms with van der Waals surface area (Å²) in [6.07, 6.45) is 0. The summed E-state index contributed by atoms with van der Waals surface area (Å²) in [5, 5.41) is 8.83. The highest BCUT2D eigenvalue weighted by molar-refractivity contribution is 5.74. The standard InChI is InChI=1S/C17H22N4O2/c18-13-15-1-3-16(4-2-15)14-19-5-7-20(8-6-19)17(22)21-9-11-23-12-10-21/h1-4H,5-12,14H2. The molecule has 1 aromatic rings. The lowest BCUT2D eigenvalue weighted by atomic mass is 10.1. The fourth-order valence-electron chi connectivity index (χ4n) is 2.99. The average molecular weight is 314 g/mol. The van der Waals surface area contributed by atoms with Crippen LogP contribution >= 0.6 is 0 Å². The van der Waals surface area contributed by atoms with Crippen LogP contribution in [0.2, 0.25) is 0 Å². The van der Waals surface area contributed by atoms with E-state index >= 15 is 0 Å². The first-order valence-corrected chi connectivity index (χ1v) is 8.09. The minimum Gasteiger partial charge on any atom is -0.378 e. The first-order chi connectivity index (χ1) is 11.3. The highest BCUT2D eigenvalue weighted by Crippen LogP contribution is 2.12. The van der Waals surface area contributed by atoms with Gasteiger partial charge in [-0.15, -0.1) is 0 Å². The number of carbonyl (C=O) groups excluding carboxylic acids is 1. The maximum absolute atomic E-state index is 12.4. The number of hydrogen-bond acceptors (Lipinski definition) is 4. The summed E-state index contributed by atoms with van der Waals surface area (Å²) in [6.45, 7) is 6.86. The van der Waals surface area contributed by atoms with Crippen LogP contribution in [0.1, 0.15) is 11.1 Å². The summed E-state index contributed by atoms with van der Waals surface area (Å²) in [7, 11) is 0. The van der Waals surface area contributed by atoms with Gasteiger partial charge in [0.1, 0.15) is 0 Å². The molecular weight excluding hydrogens is 292 g/mol. The Morgan fingerprint density at radius 1 is 1.00 bits per heavy atom. The number of piperazine rings is 1. The molecule has 2 amide bonds. The van der Waals surface area contributed by atoms with E-state index in [2.05, 4.69) is 11.0 Å². The van der Waals surface area contributed by atoms with E-state index in [1.165, 1.54) is 5.56 Å². The van der Waals surface area contributed by atoms with Crippen molar-refractivity contribution < 1.29 is 9.53 Å². The molecule has 0 unspecified atom stereocenters. The molecule has 1 aromatic carbocycles. The number of nitriles is 1. The maximum Gasteiger partial charge on any atom is 0.320 e. The minimum atomic E-state index is 0.145. The zero-order valence-electron chi connectivity index (χ0n) is 13.3. The maximum atomic E-state index is 12.4. The van der Waals surface area contributed by atoms with Crippen molar-refractivity contribution in [3.05, 3.63) is 35.4 Å². The Kier molecular flexibility index (Phi) is 5.11. The van der Waals surface area contributed by atoms with E-state index in [0.29, 0.717) is 31.9 Å². The molecule has 2 saturated heterocycles. The molecule has 6 nitrogen and oxygen atoms in total. The van der Waals surface area contributed by atoms with Crippen LogP contribution < -0.4 is 0 Å². The minimum absolute atomic E-state index is 0.145. The fourth-order valence-corrected chi connectivity index (χ4v) is 2.99. The van der Waals surface area contributed by atoms with Crippen LogP contribution in [0.15, 0.2) is 24.3 Å². The summed E-state index contributed by atoms with van der Waals surface area (Å²) in [5.74, 6) is 0. The third-order valence-electron chi connectivity index (χ3n) is 4.41. The predicted molar refractivity (Wildman–Crippen MR) is 85.8 cm³/mol. The van der Waals surface area contributed by atoms with Crippen LogP contribution in [0.3, 0.4) is 0 Å². The third kappa shape index (κ3) is 4.01. The number of rotatable bonds is 2. The molecule has 0 saturated carbocycles. The lowest BCUT2D eigenvalue weighted by molar-refractivity contribution is 0.0373. The molecule has 6 heteroatoms. The smallest absolute Gasteiger partial charge is 0.320 e. The zero-order valence-corrected chi connectivity index (χ0v) is 13.3. The monoisotopic (exact) mass is 314 g/mol. The summed E-state index contributed by atoms with van der Waals surface area (Å²) < 4.78 is 5.30. The molecule has 0 bridgehead atoms. The number of hydrogen-bond donors (Lipinski definition) is 0. The van der Waals surface area contributed by atoms with Gasteiger partial charge in [0.15, 0.2) is 0 Å². The summed E-state index contributed by atoms with van der Waals surface area (Å²) in [5.41, 5.74) is 1.90. The number of ether oxygens (including phenoxy) is 1. The highest BCUT2D eigenvalue weighted by Gasteiger charge is 2.26. The molecule has 0 radical (unpaired) electrons. The van der Waals surface area contributed by atoms with Crippen LogP contribution in [-0.2, 0) is 11.3 Å². The Hall–Kier alpha value is -2.10. The SMILES string of the molecule is N#Cc1ccc(CN2CCN(C(=O)N3CCOCC3)CC2)cc1. The molecule has 2 aliphatic rings. The summed E-state index contributed by atoms with van der Waals surface area (Å²) in [4.78, 5) is 18.6. The van der Waals surface area contributed by atoms with Gasteiger partial charge in [0.2, 0.25) is 0 Å². The largest absolute Gasteiger partial charge is 0.378 e. The van der Waals surface area contributed by atoms with Crippen molar-refractivity contribution in [3.8, 4) is 6.07 Å². The van der Waals surface area contributed by atoms with Crippen molar-refractivity contribution in [1.82, 2.24) is 14.7 Å². The van der Waals surface area contributed by atoms with Gasteiger partial charge in [-0.05, 0) is 17.7 Å². The number of benzene rings is 1. The van der Waals surface area contributed by atoms with Gasteiger partial charge in [0, 0.05) is 45.8 Å². The van der Waals surface area contributed by atoms with E-state index in [4.69, 9.17) is 10.00 Å². The van der Waals surface area contributed by atoms with E-state index in [1.807, 2.05) is 34.1 Å². The number of amides is 2. The van der Waals surface area contributed by atoms with Crippen molar-refractivity contribution in [2.45, 2.75) is 6.54 Å². The topological polar surface area (TPSA) is 59.8 Å². The Morgan fingerprint density at radius 2 is 1.61 bits per heavy atom. The molecule has 122 valence electrons. The van der Waals surface area contributed by atoms with Crippen molar-refractivity contribution in [2.75, 3.05) is 52.5 Å². The van der Waals surface area contributed by atoms with Gasteiger partial charge >= 0.3 is 6.03 Å². The van der Waals surface area contributed by atoms with Gasteiger partial charge in [-0.3, -0.25) is 4.90 Å². The molecular formula is C17H22N4O2. The molecule has 0 aliphatic carbocycles. The Bertz CT molecular complexity index is 567. The van der Waals surface area contributed by atoms with Crippen molar-refractivity contribution in [2.24, 2.45) is 0 Å². The molecule has 0 atom stereocenters. The molecule has 2 aliphatic heterocycles. The normalized spacial score (nSPS) is 19.4. The molecule has 2 heterocycles. The van der Waals surface area contributed by atoms with Gasteiger partial charge in [-0.25, -0.2) is 4.79 Å². The fraction of sp³-hybridized carbons (Fsp3) is 0.529. The molecule has 0 aromatic heterocycles. The van der Waals surface area contributed by atoms with Crippen molar-refractivity contribution >= 4 is 6.03 Å². The number of carbonyl (C=O) groups is 1. The summed E-state index contributed by atoms with van der Waals surface area (Å²) in [6, 6.07) is 10.00. The molecule has 3 rings (SSSR count). The molecule has 0 spiro atoms. The predicted octanol–water partition coefficient (Wildman–Crippen LogP) is 1.13. The molecule has 23 heavy (non-hydrogen) atoms. The second kappa shape index (κ2) is 7.44. The Labute approximate surface area is 136 Å². The Morgan fingerprint density at radius 3 is 2.22 bits per heavy atom. The van der Waals surface area contributed by atoms with Crippen LogP contribution in [0.5, 0.6) is 0 Å². The average Bonchev–Trinajstić information content (AvgIpc) is 2.63. The summed E-state index contributed by atoms with van der Waals surface area (Å²) >= 11 is 0. The third-order valence-corrected chi connectivity index (χ3v) is 4.41. The highest BCUT2D eigenvalue weighted by atomic mass is 16.5. The van der Waals surface area contributed by atoms with E-state index in [9.17, 15) is 4.79 Å². The van der Waals surface area contributed by atoms with E-state index in [-0.39, 0.29) is 6.03 Å². The van der Waals surface area contributed by atoms with Crippen LogP contribution in [0.25, 0.3) is 0 Å². The number of urea groups is 1. The second-order valence-corrected chi connectivity index (χ2v) is 5.95. The van der Waals surface area contributed by atoms with Crippen LogP contribution in [0.4, 0.5) is 4.79 Å². The molecule has 0 N–H and O–H groups in total. The first kappa shape index (κ1) is 15.8. The van der Waals surface area contributed by atoms with E-state index in [1.54, 1.807) is 0 Å². The van der Waals surface area contributed by atoms with Gasteiger partial charge in [0.25, 0.3) is 0 Å². The second-order valence-electron chi connectivity index (χ2n) is 5.95. The van der Waals surface area contributed by atoms with Crippen molar-refractivity contribution in [1.29, 1.82) is 5.26 Å². The van der Waals surface area contributed by atoms with Crippen LogP contribution in [-0.4, -0.2) is 73.2 Å². The van der Waals surface area contributed by atoms with E-state index in [0.717, 1.165) is 32.7 Å². The van der Waals surface area contributed by atoms with Gasteiger partial charge < -0.3 is 14.5 Å². The number of nitrogens with zero attached hydrogens (tertiary/aromatic N) is 4. The zero-order chi connectivity index (χ0) is 16.1. The quantitative estimate of drug-likeness (QED) is 0.821. The van der Waals surface area contributed by atoms with Gasteiger partial charge in [0.05, 0.1) is 24.8 Å². The lowest BCUT2D eigenvalue weighted by Gasteiger charge is -2.38.